The minimum Gasteiger partial charge on any atom is -0.480 e. The van der Waals surface area contributed by atoms with Crippen molar-refractivity contribution >= 4 is 23.8 Å². The molecule has 1 saturated heterocycles. The van der Waals surface area contributed by atoms with Crippen molar-refractivity contribution < 1.29 is 29.0 Å². The Morgan fingerprint density at radius 3 is 2.20 bits per heavy atom. The lowest BCUT2D eigenvalue weighted by Crippen LogP contribution is -2.40. The van der Waals surface area contributed by atoms with Gasteiger partial charge in [0.15, 0.2) is 0 Å². The molecular weight excluding hydrogens is 564 g/mol. The van der Waals surface area contributed by atoms with E-state index < -0.39 is 42.4 Å². The van der Waals surface area contributed by atoms with Crippen LogP contribution in [0.3, 0.4) is 0 Å². The lowest BCUT2D eigenvalue weighted by Gasteiger charge is -2.24. The highest BCUT2D eigenvalue weighted by molar-refractivity contribution is 6.03. The smallest absolute Gasteiger partial charge is 0.410 e. The van der Waals surface area contributed by atoms with Crippen molar-refractivity contribution in [1.29, 1.82) is 0 Å². The molecule has 0 radical (unpaired) electrons. The van der Waals surface area contributed by atoms with E-state index in [-0.39, 0.29) is 31.5 Å². The number of ether oxygens (including phenoxy) is 2. The minimum absolute atomic E-state index is 0.0413. The molecule has 0 spiro atoms. The predicted octanol–water partition coefficient (Wildman–Crippen LogP) is 4.16. The minimum atomic E-state index is -1.12. The van der Waals surface area contributed by atoms with E-state index in [1.54, 1.807) is 30.3 Å². The van der Waals surface area contributed by atoms with Gasteiger partial charge in [0.05, 0.1) is 18.7 Å². The van der Waals surface area contributed by atoms with Crippen LogP contribution in [-0.4, -0.2) is 69.9 Å². The normalized spacial score (nSPS) is 17.1. The summed E-state index contributed by atoms with van der Waals surface area (Å²) in [6, 6.07) is 25.2. The van der Waals surface area contributed by atoms with Crippen LogP contribution in [0.5, 0.6) is 0 Å². The molecule has 3 aromatic carbocycles. The van der Waals surface area contributed by atoms with Crippen LogP contribution in [0, 0.1) is 0 Å². The van der Waals surface area contributed by atoms with Gasteiger partial charge in [0, 0.05) is 24.2 Å². The summed E-state index contributed by atoms with van der Waals surface area (Å²) in [5.41, 5.74) is 4.22. The van der Waals surface area contributed by atoms with Crippen LogP contribution in [0.4, 0.5) is 10.6 Å². The molecule has 2 aliphatic rings. The highest BCUT2D eigenvalue weighted by Gasteiger charge is 2.39. The first-order chi connectivity index (χ1) is 21.4. The van der Waals surface area contributed by atoms with E-state index in [1.165, 1.54) is 21.7 Å². The molecule has 1 aromatic heterocycles. The molecule has 4 aromatic rings. The summed E-state index contributed by atoms with van der Waals surface area (Å²) in [6.07, 6.45) is 1.27. The third-order valence-electron chi connectivity index (χ3n) is 8.00. The topological polar surface area (TPSA) is 140 Å². The van der Waals surface area contributed by atoms with Crippen molar-refractivity contribution in [3.05, 3.63) is 118 Å². The van der Waals surface area contributed by atoms with Gasteiger partial charge in [-0.1, -0.05) is 66.7 Å². The Kier molecular flexibility index (Phi) is 8.20. The van der Waals surface area contributed by atoms with Crippen molar-refractivity contribution in [2.45, 2.75) is 24.4 Å². The maximum atomic E-state index is 13.5. The van der Waals surface area contributed by atoms with Gasteiger partial charge in [-0.15, -0.1) is 0 Å². The molecule has 2 atom stereocenters. The summed E-state index contributed by atoms with van der Waals surface area (Å²) < 4.78 is 12.6. The van der Waals surface area contributed by atoms with Crippen molar-refractivity contribution in [2.75, 3.05) is 31.7 Å². The van der Waals surface area contributed by atoms with Gasteiger partial charge in [-0.3, -0.25) is 9.36 Å². The van der Waals surface area contributed by atoms with E-state index in [2.05, 4.69) is 22.4 Å². The number of anilines is 1. The maximum absolute atomic E-state index is 13.5. The van der Waals surface area contributed by atoms with E-state index >= 15 is 0 Å². The highest BCUT2D eigenvalue weighted by atomic mass is 16.6. The van der Waals surface area contributed by atoms with Gasteiger partial charge < -0.3 is 24.8 Å². The van der Waals surface area contributed by atoms with Crippen LogP contribution in [-0.2, 0) is 14.3 Å². The number of carboxylic acids is 1. The number of benzene rings is 3. The molecule has 2 amide bonds. The molecule has 0 saturated carbocycles. The number of nitrogens with one attached hydrogen (secondary N) is 1. The number of amides is 2. The number of carboxylic acid groups (broad SMARTS) is 1. The Balaban J connectivity index is 1.16. The zero-order valence-electron chi connectivity index (χ0n) is 23.7. The molecule has 44 heavy (non-hydrogen) atoms. The average Bonchev–Trinajstić information content (AvgIpc) is 3.59. The second-order valence-corrected chi connectivity index (χ2v) is 10.7. The lowest BCUT2D eigenvalue weighted by atomic mass is 9.98. The van der Waals surface area contributed by atoms with Crippen LogP contribution >= 0.6 is 0 Å². The standard InChI is InChI=1S/C33H30N4O7/c38-30(39)20-43-18-23-16-22(36-15-14-29(35-32(36)41)34-31(40)21-8-2-1-3-9-21)17-37(23)33(42)44-19-28-26-12-6-4-10-24(26)25-11-5-7-13-27(25)28/h1-15,22-23,28H,16-20H2,(H,38,39)(H,34,35,40,41)/t22-,23+/m1/s1. The van der Waals surface area contributed by atoms with Crippen LogP contribution in [0.1, 0.15) is 39.9 Å². The monoisotopic (exact) mass is 594 g/mol. The molecular formula is C33H30N4O7. The largest absolute Gasteiger partial charge is 0.480 e. The summed E-state index contributed by atoms with van der Waals surface area (Å²) in [5.74, 6) is -1.54. The zero-order valence-corrected chi connectivity index (χ0v) is 23.7. The van der Waals surface area contributed by atoms with Gasteiger partial charge in [-0.25, -0.2) is 14.4 Å². The van der Waals surface area contributed by atoms with E-state index in [1.807, 2.05) is 36.4 Å². The summed E-state index contributed by atoms with van der Waals surface area (Å²) in [5, 5.41) is 11.7. The molecule has 2 N–H and O–H groups in total. The number of fused-ring (bicyclic) bond motifs is 3. The summed E-state index contributed by atoms with van der Waals surface area (Å²) in [7, 11) is 0. The van der Waals surface area contributed by atoms with E-state index in [0.29, 0.717) is 12.0 Å². The Labute approximate surface area is 252 Å². The first-order valence-corrected chi connectivity index (χ1v) is 14.3. The predicted molar refractivity (Wildman–Crippen MR) is 161 cm³/mol. The van der Waals surface area contributed by atoms with Crippen molar-refractivity contribution in [3.8, 4) is 11.1 Å². The third-order valence-corrected chi connectivity index (χ3v) is 8.00. The second-order valence-electron chi connectivity index (χ2n) is 10.7. The van der Waals surface area contributed by atoms with Crippen LogP contribution < -0.4 is 11.0 Å². The summed E-state index contributed by atoms with van der Waals surface area (Å²) >= 11 is 0. The van der Waals surface area contributed by atoms with Gasteiger partial charge in [-0.2, -0.15) is 4.98 Å². The first-order valence-electron chi connectivity index (χ1n) is 14.3. The van der Waals surface area contributed by atoms with Gasteiger partial charge in [-0.05, 0) is 46.9 Å². The van der Waals surface area contributed by atoms with Crippen LogP contribution in [0.2, 0.25) is 0 Å². The fourth-order valence-electron chi connectivity index (χ4n) is 5.97. The molecule has 11 nitrogen and oxygen atoms in total. The van der Waals surface area contributed by atoms with Crippen molar-refractivity contribution in [3.63, 3.8) is 0 Å². The van der Waals surface area contributed by atoms with Gasteiger partial charge in [0.1, 0.15) is 19.0 Å². The fraction of sp³-hybridized carbons (Fsp3) is 0.242. The number of likely N-dealkylation sites (tertiary alicyclic amines) is 1. The quantitative estimate of drug-likeness (QED) is 0.295. The average molecular weight is 595 g/mol. The number of nitrogens with zero attached hydrogens (tertiary/aromatic N) is 3. The second kappa shape index (κ2) is 12.5. The molecule has 11 heteroatoms. The Hall–Kier alpha value is -5.29. The maximum Gasteiger partial charge on any atom is 0.410 e. The number of carbonyl (C=O) groups is 3. The molecule has 1 aliphatic carbocycles. The highest BCUT2D eigenvalue weighted by Crippen LogP contribution is 2.44. The lowest BCUT2D eigenvalue weighted by molar-refractivity contribution is -0.142. The fourth-order valence-corrected chi connectivity index (χ4v) is 5.97. The molecule has 0 bridgehead atoms. The first kappa shape index (κ1) is 28.8. The Bertz CT molecular complexity index is 1710. The van der Waals surface area contributed by atoms with Crippen LogP contribution in [0.15, 0.2) is 95.9 Å². The van der Waals surface area contributed by atoms with Gasteiger partial charge in [0.2, 0.25) is 0 Å². The third kappa shape index (κ3) is 5.95. The SMILES string of the molecule is O=C(O)COC[C@@H]1C[C@@H](n2ccc(NC(=O)c3ccccc3)nc2=O)CN1C(=O)OCC1c2ccccc2-c2ccccc21. The molecule has 0 unspecified atom stereocenters. The molecule has 2 heterocycles. The number of rotatable bonds is 9. The zero-order chi connectivity index (χ0) is 30.6. The Morgan fingerprint density at radius 2 is 1.55 bits per heavy atom. The summed E-state index contributed by atoms with van der Waals surface area (Å²) in [4.78, 5) is 55.6. The number of carbonyl (C=O) groups excluding carboxylic acids is 2. The number of aromatic nitrogens is 2. The van der Waals surface area contributed by atoms with Gasteiger partial charge in [0.25, 0.3) is 5.91 Å². The van der Waals surface area contributed by atoms with Crippen molar-refractivity contribution in [1.82, 2.24) is 14.5 Å². The van der Waals surface area contributed by atoms with Gasteiger partial charge >= 0.3 is 17.8 Å². The molecule has 6 rings (SSSR count). The number of hydrogen-bond acceptors (Lipinski definition) is 7. The molecule has 224 valence electrons. The van der Waals surface area contributed by atoms with E-state index in [0.717, 1.165) is 22.3 Å². The molecule has 1 aliphatic heterocycles. The van der Waals surface area contributed by atoms with E-state index in [9.17, 15) is 19.2 Å². The van der Waals surface area contributed by atoms with Crippen molar-refractivity contribution in [2.24, 2.45) is 0 Å². The molecule has 1 fully saturated rings. The summed E-state index contributed by atoms with van der Waals surface area (Å²) in [6.45, 7) is -0.305. The Morgan fingerprint density at radius 1 is 0.886 bits per heavy atom. The van der Waals surface area contributed by atoms with Crippen LogP contribution in [0.25, 0.3) is 11.1 Å². The number of aliphatic carboxylic acids is 1. The number of hydrogen-bond donors (Lipinski definition) is 2. The van der Waals surface area contributed by atoms with E-state index in [4.69, 9.17) is 14.6 Å².